The molecule has 0 spiro atoms. The summed E-state index contributed by atoms with van der Waals surface area (Å²) in [7, 11) is 0. The fraction of sp³-hybridized carbons (Fsp3) is 0.286. The number of benzene rings is 1. The highest BCUT2D eigenvalue weighted by Gasteiger charge is 2.09. The Morgan fingerprint density at radius 3 is 2.68 bits per heavy atom. The van der Waals surface area contributed by atoms with Gasteiger partial charge in [0.05, 0.1) is 17.4 Å². The van der Waals surface area contributed by atoms with Gasteiger partial charge in [0.15, 0.2) is 0 Å². The van der Waals surface area contributed by atoms with E-state index in [2.05, 4.69) is 10.4 Å². The first kappa shape index (κ1) is 13.3. The van der Waals surface area contributed by atoms with E-state index < -0.39 is 6.04 Å². The van der Waals surface area contributed by atoms with Crippen LogP contribution in [0.25, 0.3) is 5.69 Å². The number of aryl methyl sites for hydroxylation is 2. The Hall–Kier alpha value is -2.14. The quantitative estimate of drug-likeness (QED) is 0.881. The summed E-state index contributed by atoms with van der Waals surface area (Å²) in [6.07, 6.45) is 0. The smallest absolute Gasteiger partial charge is 0.240 e. The second kappa shape index (κ2) is 5.24. The van der Waals surface area contributed by atoms with Crippen LogP contribution in [0, 0.1) is 13.8 Å². The lowest BCUT2D eigenvalue weighted by Crippen LogP contribution is -2.32. The van der Waals surface area contributed by atoms with Gasteiger partial charge in [-0.3, -0.25) is 4.79 Å². The van der Waals surface area contributed by atoms with Crippen LogP contribution in [0.1, 0.15) is 18.3 Å². The molecule has 0 aliphatic rings. The average Bonchev–Trinajstić information content (AvgIpc) is 2.68. The third-order valence-corrected chi connectivity index (χ3v) is 2.78. The largest absolute Gasteiger partial charge is 0.325 e. The van der Waals surface area contributed by atoms with Crippen molar-refractivity contribution in [2.45, 2.75) is 26.8 Å². The highest BCUT2D eigenvalue weighted by molar-refractivity contribution is 5.94. The van der Waals surface area contributed by atoms with Crippen molar-refractivity contribution in [3.05, 3.63) is 41.7 Å². The van der Waals surface area contributed by atoms with E-state index in [1.807, 2.05) is 48.9 Å². The number of amides is 1. The van der Waals surface area contributed by atoms with Crippen LogP contribution in [0.5, 0.6) is 0 Å². The van der Waals surface area contributed by atoms with Gasteiger partial charge in [-0.25, -0.2) is 4.68 Å². The lowest BCUT2D eigenvalue weighted by atomic mass is 10.2. The van der Waals surface area contributed by atoms with Crippen molar-refractivity contribution in [1.82, 2.24) is 9.78 Å². The average molecular weight is 258 g/mol. The van der Waals surface area contributed by atoms with Gasteiger partial charge in [-0.05, 0) is 45.0 Å². The second-order valence-electron chi connectivity index (χ2n) is 4.67. The summed E-state index contributed by atoms with van der Waals surface area (Å²) >= 11 is 0. The van der Waals surface area contributed by atoms with Gasteiger partial charge in [-0.1, -0.05) is 6.07 Å². The summed E-state index contributed by atoms with van der Waals surface area (Å²) in [6.45, 7) is 5.60. The topological polar surface area (TPSA) is 72.9 Å². The molecule has 0 radical (unpaired) electrons. The monoisotopic (exact) mass is 258 g/mol. The van der Waals surface area contributed by atoms with E-state index in [-0.39, 0.29) is 5.91 Å². The second-order valence-corrected chi connectivity index (χ2v) is 4.67. The minimum absolute atomic E-state index is 0.203. The number of aromatic nitrogens is 2. The molecule has 19 heavy (non-hydrogen) atoms. The standard InChI is InChI=1S/C14H18N4O/c1-9-7-10(2)18(17-9)13-6-4-5-12(8-13)16-14(19)11(3)15/h4-8,11H,15H2,1-3H3,(H,16,19)/t11-/m1/s1. The molecular weight excluding hydrogens is 240 g/mol. The first-order valence-corrected chi connectivity index (χ1v) is 6.17. The van der Waals surface area contributed by atoms with E-state index in [1.54, 1.807) is 6.92 Å². The number of nitrogens with one attached hydrogen (secondary N) is 1. The fourth-order valence-corrected chi connectivity index (χ4v) is 1.86. The van der Waals surface area contributed by atoms with Crippen LogP contribution in [0.3, 0.4) is 0 Å². The van der Waals surface area contributed by atoms with E-state index in [1.165, 1.54) is 0 Å². The Balaban J connectivity index is 2.29. The van der Waals surface area contributed by atoms with E-state index >= 15 is 0 Å². The molecule has 2 rings (SSSR count). The maximum absolute atomic E-state index is 11.6. The number of nitrogens with zero attached hydrogens (tertiary/aromatic N) is 2. The molecule has 0 saturated heterocycles. The van der Waals surface area contributed by atoms with Gasteiger partial charge < -0.3 is 11.1 Å². The van der Waals surface area contributed by atoms with Gasteiger partial charge in [0.2, 0.25) is 5.91 Å². The van der Waals surface area contributed by atoms with Crippen LogP contribution in [-0.4, -0.2) is 21.7 Å². The molecule has 1 aromatic heterocycles. The predicted octanol–water partition coefficient (Wildman–Crippen LogP) is 1.77. The summed E-state index contributed by atoms with van der Waals surface area (Å²) < 4.78 is 1.84. The Bertz CT molecular complexity index is 601. The van der Waals surface area contributed by atoms with E-state index in [9.17, 15) is 4.79 Å². The molecular formula is C14H18N4O. The number of hydrogen-bond acceptors (Lipinski definition) is 3. The van der Waals surface area contributed by atoms with Gasteiger partial charge in [0.1, 0.15) is 0 Å². The van der Waals surface area contributed by atoms with Crippen molar-refractivity contribution < 1.29 is 4.79 Å². The SMILES string of the molecule is Cc1cc(C)n(-c2cccc(NC(=O)[C@@H](C)N)c2)n1. The van der Waals surface area contributed by atoms with Crippen molar-refractivity contribution in [3.63, 3.8) is 0 Å². The normalized spacial score (nSPS) is 12.2. The van der Waals surface area contributed by atoms with Gasteiger partial charge in [0, 0.05) is 11.4 Å². The van der Waals surface area contributed by atoms with Crippen molar-refractivity contribution in [2.24, 2.45) is 5.73 Å². The lowest BCUT2D eigenvalue weighted by molar-refractivity contribution is -0.117. The van der Waals surface area contributed by atoms with E-state index in [0.29, 0.717) is 5.69 Å². The molecule has 0 aliphatic heterocycles. The maximum atomic E-state index is 11.6. The number of carbonyl (C=O) groups excluding carboxylic acids is 1. The Kier molecular flexibility index (Phi) is 3.66. The van der Waals surface area contributed by atoms with Crippen LogP contribution >= 0.6 is 0 Å². The van der Waals surface area contributed by atoms with E-state index in [0.717, 1.165) is 17.1 Å². The highest BCUT2D eigenvalue weighted by Crippen LogP contribution is 2.16. The Morgan fingerprint density at radius 1 is 1.37 bits per heavy atom. The van der Waals surface area contributed by atoms with Crippen LogP contribution in [0.4, 0.5) is 5.69 Å². The minimum Gasteiger partial charge on any atom is -0.325 e. The summed E-state index contributed by atoms with van der Waals surface area (Å²) in [5.41, 5.74) is 9.17. The Labute approximate surface area is 112 Å². The van der Waals surface area contributed by atoms with Gasteiger partial charge >= 0.3 is 0 Å². The first-order chi connectivity index (χ1) is 8.97. The van der Waals surface area contributed by atoms with Gasteiger partial charge in [-0.15, -0.1) is 0 Å². The molecule has 1 aromatic carbocycles. The third kappa shape index (κ3) is 3.00. The zero-order valence-corrected chi connectivity index (χ0v) is 11.3. The maximum Gasteiger partial charge on any atom is 0.240 e. The number of carbonyl (C=O) groups is 1. The summed E-state index contributed by atoms with van der Waals surface area (Å²) in [5, 5.41) is 7.19. The molecule has 0 unspecified atom stereocenters. The molecule has 1 atom stereocenters. The Morgan fingerprint density at radius 2 is 2.11 bits per heavy atom. The third-order valence-electron chi connectivity index (χ3n) is 2.78. The zero-order valence-electron chi connectivity index (χ0n) is 11.3. The van der Waals surface area contributed by atoms with Crippen molar-refractivity contribution in [3.8, 4) is 5.69 Å². The number of hydrogen-bond donors (Lipinski definition) is 2. The van der Waals surface area contributed by atoms with Gasteiger partial charge in [-0.2, -0.15) is 5.10 Å². The van der Waals surface area contributed by atoms with Crippen LogP contribution in [-0.2, 0) is 4.79 Å². The lowest BCUT2D eigenvalue weighted by Gasteiger charge is -2.10. The van der Waals surface area contributed by atoms with Crippen molar-refractivity contribution in [1.29, 1.82) is 0 Å². The number of anilines is 1. The fourth-order valence-electron chi connectivity index (χ4n) is 1.86. The molecule has 5 heteroatoms. The molecule has 0 saturated carbocycles. The number of nitrogens with two attached hydrogens (primary N) is 1. The highest BCUT2D eigenvalue weighted by atomic mass is 16.2. The molecule has 0 aliphatic carbocycles. The molecule has 0 bridgehead atoms. The van der Waals surface area contributed by atoms with Crippen molar-refractivity contribution in [2.75, 3.05) is 5.32 Å². The molecule has 100 valence electrons. The summed E-state index contributed by atoms with van der Waals surface area (Å²) in [5.74, 6) is -0.203. The molecule has 5 nitrogen and oxygen atoms in total. The van der Waals surface area contributed by atoms with Gasteiger partial charge in [0.25, 0.3) is 0 Å². The van der Waals surface area contributed by atoms with Crippen LogP contribution < -0.4 is 11.1 Å². The predicted molar refractivity (Wildman–Crippen MR) is 75.3 cm³/mol. The van der Waals surface area contributed by atoms with Crippen molar-refractivity contribution >= 4 is 11.6 Å². The number of rotatable bonds is 3. The summed E-state index contributed by atoms with van der Waals surface area (Å²) in [4.78, 5) is 11.6. The molecule has 3 N–H and O–H groups in total. The molecule has 1 amide bonds. The zero-order chi connectivity index (χ0) is 14.0. The minimum atomic E-state index is -0.530. The molecule has 2 aromatic rings. The first-order valence-electron chi connectivity index (χ1n) is 6.17. The molecule has 0 fully saturated rings. The van der Waals surface area contributed by atoms with Crippen LogP contribution in [0.2, 0.25) is 0 Å². The van der Waals surface area contributed by atoms with Crippen LogP contribution in [0.15, 0.2) is 30.3 Å². The molecule has 1 heterocycles. The van der Waals surface area contributed by atoms with E-state index in [4.69, 9.17) is 5.73 Å². The summed E-state index contributed by atoms with van der Waals surface area (Å²) in [6, 6.07) is 9.00.